The zero-order valence-corrected chi connectivity index (χ0v) is 16.8. The molecule has 0 saturated heterocycles. The molecular weight excluding hydrogens is 332 g/mol. The van der Waals surface area contributed by atoms with Crippen LogP contribution in [0.15, 0.2) is 30.3 Å². The number of esters is 1. The Morgan fingerprint density at radius 2 is 1.84 bits per heavy atom. The van der Waals surface area contributed by atoms with Crippen molar-refractivity contribution in [2.45, 2.75) is 58.9 Å². The molecule has 1 N–H and O–H groups in total. The van der Waals surface area contributed by atoms with Crippen LogP contribution in [0, 0.1) is 6.92 Å². The van der Waals surface area contributed by atoms with Crippen LogP contribution in [0.5, 0.6) is 0 Å². The Bertz CT molecular complexity index is 721. The predicted molar refractivity (Wildman–Crippen MR) is 105 cm³/mol. The maximum absolute atomic E-state index is 12.2. The molecular formula is C20H28N2O2S. The van der Waals surface area contributed by atoms with Crippen LogP contribution in [0.25, 0.3) is 0 Å². The molecule has 0 aliphatic heterocycles. The lowest BCUT2D eigenvalue weighted by atomic mass is 9.75. The fourth-order valence-corrected chi connectivity index (χ4v) is 3.97. The van der Waals surface area contributed by atoms with E-state index >= 15 is 0 Å². The highest BCUT2D eigenvalue weighted by Gasteiger charge is 2.32. The van der Waals surface area contributed by atoms with Crippen molar-refractivity contribution in [2.24, 2.45) is 0 Å². The molecule has 2 rings (SSSR count). The van der Waals surface area contributed by atoms with Gasteiger partial charge in [-0.2, -0.15) is 4.37 Å². The molecule has 0 unspecified atom stereocenters. The lowest BCUT2D eigenvalue weighted by molar-refractivity contribution is 0.0522. The van der Waals surface area contributed by atoms with Gasteiger partial charge in [0.25, 0.3) is 0 Å². The number of aromatic nitrogens is 1. The molecule has 25 heavy (non-hydrogen) atoms. The summed E-state index contributed by atoms with van der Waals surface area (Å²) in [4.78, 5) is 13.1. The number of nitrogens with zero attached hydrogens (tertiary/aromatic N) is 1. The van der Waals surface area contributed by atoms with Crippen LogP contribution in [0.3, 0.4) is 0 Å². The molecule has 0 aliphatic carbocycles. The number of hydrogen-bond donors (Lipinski definition) is 1. The highest BCUT2D eigenvalue weighted by molar-refractivity contribution is 7.06. The summed E-state index contributed by atoms with van der Waals surface area (Å²) in [5, 5.41) is 3.55. The Morgan fingerprint density at radius 3 is 2.44 bits per heavy atom. The first kappa shape index (κ1) is 19.4. The SMILES string of the molecule is CCOC(=O)c1nsc(C)c1NC(C)(C)CC(C)(C)c1ccccc1. The zero-order chi connectivity index (χ0) is 18.7. The fourth-order valence-electron chi connectivity index (χ4n) is 3.34. The minimum atomic E-state index is -0.368. The average molecular weight is 361 g/mol. The molecule has 1 heterocycles. The Kier molecular flexibility index (Phi) is 5.88. The largest absolute Gasteiger partial charge is 0.461 e. The van der Waals surface area contributed by atoms with Crippen molar-refractivity contribution in [2.75, 3.05) is 11.9 Å². The lowest BCUT2D eigenvalue weighted by Crippen LogP contribution is -2.38. The molecule has 0 saturated carbocycles. The average Bonchev–Trinajstić information content (AvgIpc) is 2.88. The topological polar surface area (TPSA) is 51.2 Å². The van der Waals surface area contributed by atoms with Gasteiger partial charge in [0.15, 0.2) is 5.69 Å². The smallest absolute Gasteiger partial charge is 0.360 e. The van der Waals surface area contributed by atoms with E-state index in [0.717, 1.165) is 17.0 Å². The van der Waals surface area contributed by atoms with Crippen LogP contribution in [-0.4, -0.2) is 22.5 Å². The third kappa shape index (κ3) is 4.82. The van der Waals surface area contributed by atoms with Gasteiger partial charge in [0.1, 0.15) is 0 Å². The van der Waals surface area contributed by atoms with Crippen LogP contribution >= 0.6 is 11.5 Å². The third-order valence-corrected chi connectivity index (χ3v) is 4.99. The van der Waals surface area contributed by atoms with Gasteiger partial charge in [-0.1, -0.05) is 44.2 Å². The normalized spacial score (nSPS) is 12.1. The van der Waals surface area contributed by atoms with E-state index in [1.807, 2.05) is 13.0 Å². The molecule has 0 aliphatic rings. The Labute approximate surface area is 154 Å². The molecule has 1 aromatic heterocycles. The van der Waals surface area contributed by atoms with Crippen molar-refractivity contribution >= 4 is 23.2 Å². The van der Waals surface area contributed by atoms with E-state index in [-0.39, 0.29) is 16.9 Å². The monoisotopic (exact) mass is 360 g/mol. The molecule has 0 spiro atoms. The maximum atomic E-state index is 12.2. The quantitative estimate of drug-likeness (QED) is 0.691. The van der Waals surface area contributed by atoms with Gasteiger partial charge in [-0.3, -0.25) is 0 Å². The van der Waals surface area contributed by atoms with E-state index in [2.05, 4.69) is 61.7 Å². The summed E-state index contributed by atoms with van der Waals surface area (Å²) in [6.45, 7) is 12.9. The summed E-state index contributed by atoms with van der Waals surface area (Å²) in [6, 6.07) is 10.5. The van der Waals surface area contributed by atoms with Gasteiger partial charge in [0, 0.05) is 10.4 Å². The number of nitrogens with one attached hydrogen (secondary N) is 1. The zero-order valence-electron chi connectivity index (χ0n) is 16.0. The fraction of sp³-hybridized carbons (Fsp3) is 0.500. The maximum Gasteiger partial charge on any atom is 0.360 e. The van der Waals surface area contributed by atoms with E-state index in [1.165, 1.54) is 17.1 Å². The van der Waals surface area contributed by atoms with Crippen LogP contribution < -0.4 is 5.32 Å². The third-order valence-electron chi connectivity index (χ3n) is 4.23. The van der Waals surface area contributed by atoms with Gasteiger partial charge >= 0.3 is 5.97 Å². The second-order valence-corrected chi connectivity index (χ2v) is 8.60. The first-order chi connectivity index (χ1) is 11.7. The molecule has 1 aromatic carbocycles. The van der Waals surface area contributed by atoms with Gasteiger partial charge in [0.05, 0.1) is 12.3 Å². The highest BCUT2D eigenvalue weighted by atomic mass is 32.1. The van der Waals surface area contributed by atoms with E-state index in [4.69, 9.17) is 4.74 Å². The lowest BCUT2D eigenvalue weighted by Gasteiger charge is -2.37. The standard InChI is InChI=1S/C20H28N2O2S/c1-7-24-18(23)17-16(14(2)25-22-17)21-20(5,6)13-19(3,4)15-11-9-8-10-12-15/h8-12,21H,7,13H2,1-6H3. The van der Waals surface area contributed by atoms with Crippen LogP contribution in [-0.2, 0) is 10.2 Å². The second kappa shape index (κ2) is 7.56. The summed E-state index contributed by atoms with van der Waals surface area (Å²) in [5.41, 5.74) is 2.26. The van der Waals surface area contributed by atoms with Gasteiger partial charge in [-0.25, -0.2) is 4.79 Å². The van der Waals surface area contributed by atoms with E-state index in [0.29, 0.717) is 12.3 Å². The second-order valence-electron chi connectivity index (χ2n) is 7.62. The number of anilines is 1. The van der Waals surface area contributed by atoms with Gasteiger partial charge in [0.2, 0.25) is 0 Å². The number of benzene rings is 1. The summed E-state index contributed by atoms with van der Waals surface area (Å²) < 4.78 is 9.41. The predicted octanol–water partition coefficient (Wildman–Crippen LogP) is 5.19. The molecule has 0 amide bonds. The number of carbonyl (C=O) groups is 1. The van der Waals surface area contributed by atoms with Crippen molar-refractivity contribution in [3.8, 4) is 0 Å². The minimum Gasteiger partial charge on any atom is -0.461 e. The minimum absolute atomic E-state index is 0.000788. The van der Waals surface area contributed by atoms with Crippen molar-refractivity contribution in [1.82, 2.24) is 4.37 Å². The van der Waals surface area contributed by atoms with Crippen LogP contribution in [0.4, 0.5) is 5.69 Å². The molecule has 4 nitrogen and oxygen atoms in total. The van der Waals surface area contributed by atoms with Crippen molar-refractivity contribution in [1.29, 1.82) is 0 Å². The first-order valence-corrected chi connectivity index (χ1v) is 9.41. The van der Waals surface area contributed by atoms with Gasteiger partial charge in [-0.05, 0) is 56.6 Å². The van der Waals surface area contributed by atoms with Gasteiger partial charge < -0.3 is 10.1 Å². The van der Waals surface area contributed by atoms with E-state index in [1.54, 1.807) is 6.92 Å². The summed E-state index contributed by atoms with van der Waals surface area (Å²) in [6.07, 6.45) is 0.904. The summed E-state index contributed by atoms with van der Waals surface area (Å²) in [7, 11) is 0. The Hall–Kier alpha value is -1.88. The van der Waals surface area contributed by atoms with Crippen LogP contribution in [0.2, 0.25) is 0 Å². The molecule has 0 bridgehead atoms. The Morgan fingerprint density at radius 1 is 1.20 bits per heavy atom. The summed E-state index contributed by atoms with van der Waals surface area (Å²) >= 11 is 1.33. The molecule has 0 fully saturated rings. The molecule has 5 heteroatoms. The summed E-state index contributed by atoms with van der Waals surface area (Å²) in [5.74, 6) is -0.368. The van der Waals surface area contributed by atoms with Crippen molar-refractivity contribution in [3.05, 3.63) is 46.5 Å². The highest BCUT2D eigenvalue weighted by Crippen LogP contribution is 2.36. The number of carbonyl (C=O) groups excluding carboxylic acids is 1. The van der Waals surface area contributed by atoms with Crippen LogP contribution in [0.1, 0.15) is 62.0 Å². The number of rotatable bonds is 7. The molecule has 2 aromatic rings. The molecule has 136 valence electrons. The first-order valence-electron chi connectivity index (χ1n) is 8.63. The molecule has 0 radical (unpaired) electrons. The Balaban J connectivity index is 2.22. The number of hydrogen-bond acceptors (Lipinski definition) is 5. The van der Waals surface area contributed by atoms with Crippen molar-refractivity contribution < 1.29 is 9.53 Å². The van der Waals surface area contributed by atoms with E-state index < -0.39 is 0 Å². The number of aryl methyl sites for hydroxylation is 1. The van der Waals surface area contributed by atoms with Gasteiger partial charge in [-0.15, -0.1) is 0 Å². The molecule has 0 atom stereocenters. The number of ether oxygens (including phenoxy) is 1. The van der Waals surface area contributed by atoms with Crippen molar-refractivity contribution in [3.63, 3.8) is 0 Å². The van der Waals surface area contributed by atoms with E-state index in [9.17, 15) is 4.79 Å².